The molecule has 0 spiro atoms. The Kier molecular flexibility index (Phi) is 4.01. The van der Waals surface area contributed by atoms with Crippen LogP contribution in [0.15, 0.2) is 18.2 Å². The summed E-state index contributed by atoms with van der Waals surface area (Å²) in [6.45, 7) is 9.23. The minimum Gasteiger partial charge on any atom is -0.0836 e. The molecule has 2 fully saturated rings. The van der Waals surface area contributed by atoms with E-state index in [-0.39, 0.29) is 0 Å². The summed E-state index contributed by atoms with van der Waals surface area (Å²) in [5.74, 6) is 4.23. The Hall–Kier alpha value is -0.300. The third-order valence-electron chi connectivity index (χ3n) is 5.39. The number of rotatable bonds is 4. The van der Waals surface area contributed by atoms with Gasteiger partial charge in [-0.15, -0.1) is 0 Å². The molecule has 0 aromatic heterocycles. The maximum absolute atomic E-state index is 4.04. The Morgan fingerprint density at radius 2 is 1.55 bits per heavy atom. The topological polar surface area (TPSA) is 0 Å². The van der Waals surface area contributed by atoms with Crippen LogP contribution in [0.2, 0.25) is 0 Å². The van der Waals surface area contributed by atoms with E-state index in [1.165, 1.54) is 24.8 Å². The van der Waals surface area contributed by atoms with Crippen molar-refractivity contribution in [2.75, 3.05) is 0 Å². The number of alkyl halides is 1. The SMILES string of the molecule is CC(C)c1ccc(C(Br)C2CC3CC3C2)c(C(C)C)c1. The minimum atomic E-state index is 0.564. The average molecular weight is 335 g/mol. The van der Waals surface area contributed by atoms with Crippen molar-refractivity contribution in [1.29, 1.82) is 0 Å². The van der Waals surface area contributed by atoms with Gasteiger partial charge in [0.2, 0.25) is 0 Å². The van der Waals surface area contributed by atoms with E-state index in [9.17, 15) is 0 Å². The zero-order valence-electron chi connectivity index (χ0n) is 13.2. The molecule has 110 valence electrons. The molecule has 0 saturated heterocycles. The lowest BCUT2D eigenvalue weighted by Gasteiger charge is -2.24. The molecule has 2 aliphatic carbocycles. The first-order valence-corrected chi connectivity index (χ1v) is 9.16. The number of hydrogen-bond donors (Lipinski definition) is 0. The first-order chi connectivity index (χ1) is 9.47. The maximum Gasteiger partial charge on any atom is 0.0426 e. The van der Waals surface area contributed by atoms with Gasteiger partial charge >= 0.3 is 0 Å². The van der Waals surface area contributed by atoms with Crippen molar-refractivity contribution in [3.8, 4) is 0 Å². The molecule has 0 aliphatic heterocycles. The first kappa shape index (κ1) is 14.6. The molecule has 2 aliphatic rings. The number of halogens is 1. The molecular formula is C19H27Br. The van der Waals surface area contributed by atoms with Crippen LogP contribution < -0.4 is 0 Å². The van der Waals surface area contributed by atoms with Crippen LogP contribution in [0.25, 0.3) is 0 Å². The largest absolute Gasteiger partial charge is 0.0836 e. The number of hydrogen-bond acceptors (Lipinski definition) is 0. The van der Waals surface area contributed by atoms with Crippen molar-refractivity contribution in [2.45, 2.75) is 63.6 Å². The van der Waals surface area contributed by atoms with E-state index in [4.69, 9.17) is 0 Å². The van der Waals surface area contributed by atoms with Crippen molar-refractivity contribution in [1.82, 2.24) is 0 Å². The minimum absolute atomic E-state index is 0.564. The molecule has 0 amide bonds. The smallest absolute Gasteiger partial charge is 0.0426 e. The molecule has 3 unspecified atom stereocenters. The quantitative estimate of drug-likeness (QED) is 0.557. The molecule has 0 bridgehead atoms. The fourth-order valence-electron chi connectivity index (χ4n) is 3.96. The highest BCUT2D eigenvalue weighted by atomic mass is 79.9. The van der Waals surface area contributed by atoms with E-state index in [0.29, 0.717) is 16.7 Å². The van der Waals surface area contributed by atoms with E-state index in [0.717, 1.165) is 17.8 Å². The van der Waals surface area contributed by atoms with Crippen molar-refractivity contribution in [3.63, 3.8) is 0 Å². The fourth-order valence-corrected chi connectivity index (χ4v) is 4.81. The monoisotopic (exact) mass is 334 g/mol. The van der Waals surface area contributed by atoms with Crippen molar-refractivity contribution < 1.29 is 0 Å². The highest BCUT2D eigenvalue weighted by Gasteiger charge is 2.47. The molecule has 1 aromatic rings. The number of fused-ring (bicyclic) bond motifs is 1. The Balaban J connectivity index is 1.87. The summed E-state index contributed by atoms with van der Waals surface area (Å²) < 4.78 is 0. The van der Waals surface area contributed by atoms with Gasteiger partial charge in [0.1, 0.15) is 0 Å². The Bertz CT molecular complexity index is 479. The van der Waals surface area contributed by atoms with Crippen LogP contribution in [0, 0.1) is 17.8 Å². The Morgan fingerprint density at radius 1 is 0.900 bits per heavy atom. The lowest BCUT2D eigenvalue weighted by atomic mass is 9.86. The molecule has 3 rings (SSSR count). The van der Waals surface area contributed by atoms with E-state index in [1.54, 1.807) is 11.1 Å². The van der Waals surface area contributed by atoms with Gasteiger partial charge in [-0.1, -0.05) is 61.8 Å². The van der Waals surface area contributed by atoms with Gasteiger partial charge in [0.05, 0.1) is 0 Å². The first-order valence-electron chi connectivity index (χ1n) is 8.25. The van der Waals surface area contributed by atoms with E-state index >= 15 is 0 Å². The Morgan fingerprint density at radius 3 is 2.10 bits per heavy atom. The second-order valence-electron chi connectivity index (χ2n) is 7.59. The highest BCUT2D eigenvalue weighted by Crippen LogP contribution is 2.59. The van der Waals surface area contributed by atoms with Crippen molar-refractivity contribution in [3.05, 3.63) is 34.9 Å². The van der Waals surface area contributed by atoms with Gasteiger partial charge in [0.15, 0.2) is 0 Å². The molecule has 2 saturated carbocycles. The molecule has 0 radical (unpaired) electrons. The Labute approximate surface area is 132 Å². The van der Waals surface area contributed by atoms with E-state index in [2.05, 4.69) is 61.8 Å². The van der Waals surface area contributed by atoms with Crippen LogP contribution in [0.1, 0.15) is 80.3 Å². The average Bonchev–Trinajstić information content (AvgIpc) is 3.03. The second kappa shape index (κ2) is 5.48. The summed E-state index contributed by atoms with van der Waals surface area (Å²) in [6, 6.07) is 7.19. The third-order valence-corrected chi connectivity index (χ3v) is 6.63. The van der Waals surface area contributed by atoms with Gasteiger partial charge in [-0.25, -0.2) is 0 Å². The van der Waals surface area contributed by atoms with E-state index < -0.39 is 0 Å². The second-order valence-corrected chi connectivity index (χ2v) is 8.57. The normalized spacial score (nSPS) is 29.9. The predicted molar refractivity (Wildman–Crippen MR) is 90.6 cm³/mol. The van der Waals surface area contributed by atoms with Gasteiger partial charge < -0.3 is 0 Å². The van der Waals surface area contributed by atoms with Gasteiger partial charge in [0.25, 0.3) is 0 Å². The standard InChI is InChI=1S/C19H27Br/c1-11(2)13-5-6-17(18(10-13)12(3)4)19(20)16-8-14-7-15(14)9-16/h5-6,10-12,14-16,19H,7-9H2,1-4H3. The summed E-state index contributed by atoms with van der Waals surface area (Å²) in [5.41, 5.74) is 4.58. The molecule has 1 heteroatoms. The van der Waals surface area contributed by atoms with Crippen LogP contribution >= 0.6 is 15.9 Å². The highest BCUT2D eigenvalue weighted by molar-refractivity contribution is 9.09. The summed E-state index contributed by atoms with van der Waals surface area (Å²) >= 11 is 4.04. The van der Waals surface area contributed by atoms with Crippen LogP contribution in [0.5, 0.6) is 0 Å². The molecule has 0 heterocycles. The number of benzene rings is 1. The third kappa shape index (κ3) is 2.71. The van der Waals surface area contributed by atoms with Crippen LogP contribution in [0.3, 0.4) is 0 Å². The van der Waals surface area contributed by atoms with Gasteiger partial charge in [-0.3, -0.25) is 0 Å². The van der Waals surface area contributed by atoms with Gasteiger partial charge in [-0.05, 0) is 65.5 Å². The van der Waals surface area contributed by atoms with Gasteiger partial charge in [-0.2, -0.15) is 0 Å². The molecule has 20 heavy (non-hydrogen) atoms. The predicted octanol–water partition coefficient (Wildman–Crippen LogP) is 6.42. The molecular weight excluding hydrogens is 308 g/mol. The lowest BCUT2D eigenvalue weighted by Crippen LogP contribution is -2.09. The van der Waals surface area contributed by atoms with Crippen LogP contribution in [-0.4, -0.2) is 0 Å². The molecule has 3 atom stereocenters. The summed E-state index contributed by atoms with van der Waals surface area (Å²) in [4.78, 5) is 0.564. The van der Waals surface area contributed by atoms with E-state index in [1.807, 2.05) is 0 Å². The van der Waals surface area contributed by atoms with Crippen molar-refractivity contribution in [2.24, 2.45) is 17.8 Å². The van der Waals surface area contributed by atoms with Crippen LogP contribution in [0.4, 0.5) is 0 Å². The fraction of sp³-hybridized carbons (Fsp3) is 0.684. The van der Waals surface area contributed by atoms with Crippen molar-refractivity contribution >= 4 is 15.9 Å². The summed E-state index contributed by atoms with van der Waals surface area (Å²) in [7, 11) is 0. The molecule has 0 N–H and O–H groups in total. The zero-order valence-corrected chi connectivity index (χ0v) is 14.8. The van der Waals surface area contributed by atoms with Crippen LogP contribution in [-0.2, 0) is 0 Å². The molecule has 0 nitrogen and oxygen atoms in total. The zero-order chi connectivity index (χ0) is 14.4. The summed E-state index contributed by atoms with van der Waals surface area (Å²) in [6.07, 6.45) is 4.41. The summed E-state index contributed by atoms with van der Waals surface area (Å²) in [5, 5.41) is 0. The lowest BCUT2D eigenvalue weighted by molar-refractivity contribution is 0.479. The molecule has 1 aromatic carbocycles. The van der Waals surface area contributed by atoms with Gasteiger partial charge in [0, 0.05) is 4.83 Å². The maximum atomic E-state index is 4.04.